The number of benzene rings is 1. The van der Waals surface area contributed by atoms with E-state index in [1.54, 1.807) is 12.4 Å². The second kappa shape index (κ2) is 8.45. The predicted octanol–water partition coefficient (Wildman–Crippen LogP) is 3.04. The van der Waals surface area contributed by atoms with Crippen LogP contribution in [0.2, 0.25) is 0 Å². The van der Waals surface area contributed by atoms with E-state index in [0.717, 1.165) is 47.1 Å². The van der Waals surface area contributed by atoms with E-state index in [1.807, 2.05) is 48.9 Å². The molecule has 1 N–H and O–H groups in total. The van der Waals surface area contributed by atoms with Crippen molar-refractivity contribution >= 4 is 17.4 Å². The zero-order chi connectivity index (χ0) is 20.2. The lowest BCUT2D eigenvalue weighted by Gasteiger charge is -2.28. The first-order valence-corrected chi connectivity index (χ1v) is 9.77. The maximum Gasteiger partial charge on any atom is 0.244 e. The highest BCUT2D eigenvalue weighted by Gasteiger charge is 2.15. The van der Waals surface area contributed by atoms with Gasteiger partial charge < -0.3 is 19.5 Å². The number of carbonyl (C=O) groups excluding carboxylic acids is 1. The maximum atomic E-state index is 12.6. The molecular weight excluding hydrogens is 366 g/mol. The van der Waals surface area contributed by atoms with Gasteiger partial charge in [-0.05, 0) is 49.2 Å². The van der Waals surface area contributed by atoms with Crippen LogP contribution in [0.15, 0.2) is 48.9 Å². The van der Waals surface area contributed by atoms with Gasteiger partial charge >= 0.3 is 0 Å². The number of ether oxygens (including phenoxy) is 1. The van der Waals surface area contributed by atoms with E-state index in [2.05, 4.69) is 26.3 Å². The second-order valence-corrected chi connectivity index (χ2v) is 7.31. The fourth-order valence-corrected chi connectivity index (χ4v) is 3.62. The highest BCUT2D eigenvalue weighted by atomic mass is 16.5. The van der Waals surface area contributed by atoms with Crippen LogP contribution in [0.1, 0.15) is 11.1 Å². The minimum absolute atomic E-state index is 0.0864. The van der Waals surface area contributed by atoms with E-state index < -0.39 is 0 Å². The van der Waals surface area contributed by atoms with Crippen LogP contribution in [0.3, 0.4) is 0 Å². The lowest BCUT2D eigenvalue weighted by atomic mass is 10.1. The van der Waals surface area contributed by atoms with Gasteiger partial charge in [0.05, 0.1) is 13.2 Å². The molecule has 0 bridgehead atoms. The number of aromatic nitrogens is 3. The van der Waals surface area contributed by atoms with Crippen molar-refractivity contribution in [3.05, 3.63) is 60.0 Å². The van der Waals surface area contributed by atoms with Crippen molar-refractivity contribution in [3.8, 4) is 11.4 Å². The number of pyridine rings is 1. The third kappa shape index (κ3) is 4.63. The van der Waals surface area contributed by atoms with Crippen LogP contribution in [0.25, 0.3) is 11.4 Å². The summed E-state index contributed by atoms with van der Waals surface area (Å²) in [6.07, 6.45) is 5.33. The SMILES string of the molecule is Cc1cc(C)cc(NC(=O)Cn2ccnc2-c2ccnc(N3CCOCC3)c2)c1. The molecular formula is C22H25N5O2. The van der Waals surface area contributed by atoms with E-state index in [9.17, 15) is 4.79 Å². The molecule has 3 heterocycles. The molecule has 1 saturated heterocycles. The molecule has 0 aliphatic carbocycles. The average Bonchev–Trinajstić information content (AvgIpc) is 3.16. The summed E-state index contributed by atoms with van der Waals surface area (Å²) in [6.45, 7) is 7.29. The van der Waals surface area contributed by atoms with Gasteiger partial charge in [0.1, 0.15) is 18.2 Å². The molecule has 1 aromatic carbocycles. The Balaban J connectivity index is 1.50. The summed E-state index contributed by atoms with van der Waals surface area (Å²) in [6, 6.07) is 9.96. The minimum atomic E-state index is -0.0864. The van der Waals surface area contributed by atoms with E-state index in [0.29, 0.717) is 13.2 Å². The van der Waals surface area contributed by atoms with Crippen LogP contribution in [-0.2, 0) is 16.1 Å². The zero-order valence-corrected chi connectivity index (χ0v) is 16.8. The topological polar surface area (TPSA) is 72.3 Å². The van der Waals surface area contributed by atoms with Gasteiger partial charge in [0, 0.05) is 42.9 Å². The lowest BCUT2D eigenvalue weighted by Crippen LogP contribution is -2.36. The lowest BCUT2D eigenvalue weighted by molar-refractivity contribution is -0.116. The van der Waals surface area contributed by atoms with Crippen LogP contribution in [0.5, 0.6) is 0 Å². The van der Waals surface area contributed by atoms with E-state index in [4.69, 9.17) is 4.74 Å². The summed E-state index contributed by atoms with van der Waals surface area (Å²) < 4.78 is 7.28. The number of nitrogens with zero attached hydrogens (tertiary/aromatic N) is 4. The number of hydrogen-bond acceptors (Lipinski definition) is 5. The second-order valence-electron chi connectivity index (χ2n) is 7.31. The number of nitrogens with one attached hydrogen (secondary N) is 1. The van der Waals surface area contributed by atoms with Gasteiger partial charge in [-0.1, -0.05) is 6.07 Å². The molecule has 7 nitrogen and oxygen atoms in total. The van der Waals surface area contributed by atoms with Crippen LogP contribution >= 0.6 is 0 Å². The molecule has 7 heteroatoms. The van der Waals surface area contributed by atoms with E-state index in [-0.39, 0.29) is 12.5 Å². The van der Waals surface area contributed by atoms with Crippen molar-refractivity contribution in [1.29, 1.82) is 0 Å². The van der Waals surface area contributed by atoms with Crippen molar-refractivity contribution in [2.75, 3.05) is 36.5 Å². The normalized spacial score (nSPS) is 14.1. The summed E-state index contributed by atoms with van der Waals surface area (Å²) in [5.41, 5.74) is 3.99. The molecule has 2 aromatic heterocycles. The Labute approximate surface area is 170 Å². The first-order valence-electron chi connectivity index (χ1n) is 9.77. The molecule has 0 spiro atoms. The van der Waals surface area contributed by atoms with E-state index >= 15 is 0 Å². The maximum absolute atomic E-state index is 12.6. The number of carbonyl (C=O) groups is 1. The molecule has 0 radical (unpaired) electrons. The third-order valence-electron chi connectivity index (χ3n) is 4.87. The average molecular weight is 391 g/mol. The number of imidazole rings is 1. The Morgan fingerprint density at radius 1 is 1.07 bits per heavy atom. The van der Waals surface area contributed by atoms with Crippen molar-refractivity contribution in [2.24, 2.45) is 0 Å². The largest absolute Gasteiger partial charge is 0.378 e. The first kappa shape index (κ1) is 19.1. The fraction of sp³-hybridized carbons (Fsp3) is 0.318. The van der Waals surface area contributed by atoms with Crippen molar-refractivity contribution in [2.45, 2.75) is 20.4 Å². The van der Waals surface area contributed by atoms with Gasteiger partial charge in [0.15, 0.2) is 0 Å². The van der Waals surface area contributed by atoms with Crippen molar-refractivity contribution in [3.63, 3.8) is 0 Å². The molecule has 1 aliphatic heterocycles. The smallest absolute Gasteiger partial charge is 0.244 e. The molecule has 1 amide bonds. The number of anilines is 2. The minimum Gasteiger partial charge on any atom is -0.378 e. The summed E-state index contributed by atoms with van der Waals surface area (Å²) >= 11 is 0. The Morgan fingerprint density at radius 2 is 1.83 bits per heavy atom. The van der Waals surface area contributed by atoms with Crippen molar-refractivity contribution < 1.29 is 9.53 Å². The molecule has 1 aliphatic rings. The van der Waals surface area contributed by atoms with Crippen LogP contribution in [-0.4, -0.2) is 46.7 Å². The quantitative estimate of drug-likeness (QED) is 0.724. The summed E-state index contributed by atoms with van der Waals surface area (Å²) in [4.78, 5) is 23.8. The van der Waals surface area contributed by atoms with Gasteiger partial charge in [-0.2, -0.15) is 0 Å². The summed E-state index contributed by atoms with van der Waals surface area (Å²) in [7, 11) is 0. The van der Waals surface area contributed by atoms with E-state index in [1.165, 1.54) is 0 Å². The molecule has 1 fully saturated rings. The Hall–Kier alpha value is -3.19. The molecule has 0 unspecified atom stereocenters. The number of amides is 1. The summed E-state index contributed by atoms with van der Waals surface area (Å²) in [5, 5.41) is 2.98. The predicted molar refractivity (Wildman–Crippen MR) is 113 cm³/mol. The van der Waals surface area contributed by atoms with Crippen LogP contribution in [0, 0.1) is 13.8 Å². The standard InChI is InChI=1S/C22H25N5O2/c1-16-11-17(2)13-19(12-16)25-21(28)15-27-6-5-24-22(27)18-3-4-23-20(14-18)26-7-9-29-10-8-26/h3-6,11-14H,7-10,15H2,1-2H3,(H,25,28). The van der Waals surface area contributed by atoms with Crippen molar-refractivity contribution in [1.82, 2.24) is 14.5 Å². The molecule has 150 valence electrons. The Bertz CT molecular complexity index is 988. The first-order chi connectivity index (χ1) is 14.1. The molecule has 4 rings (SSSR count). The van der Waals surface area contributed by atoms with Gasteiger partial charge in [0.2, 0.25) is 5.91 Å². The van der Waals surface area contributed by atoms with Crippen LogP contribution < -0.4 is 10.2 Å². The fourth-order valence-electron chi connectivity index (χ4n) is 3.62. The highest BCUT2D eigenvalue weighted by molar-refractivity contribution is 5.91. The molecule has 0 saturated carbocycles. The molecule has 0 atom stereocenters. The highest BCUT2D eigenvalue weighted by Crippen LogP contribution is 2.22. The number of hydrogen-bond donors (Lipinski definition) is 1. The summed E-state index contributed by atoms with van der Waals surface area (Å²) in [5.74, 6) is 1.56. The number of aryl methyl sites for hydroxylation is 2. The molecule has 29 heavy (non-hydrogen) atoms. The number of morpholine rings is 1. The Morgan fingerprint density at radius 3 is 2.59 bits per heavy atom. The van der Waals surface area contributed by atoms with Gasteiger partial charge in [0.25, 0.3) is 0 Å². The third-order valence-corrected chi connectivity index (χ3v) is 4.87. The Kier molecular flexibility index (Phi) is 5.57. The zero-order valence-electron chi connectivity index (χ0n) is 16.8. The van der Waals surface area contributed by atoms with Crippen LogP contribution in [0.4, 0.5) is 11.5 Å². The molecule has 3 aromatic rings. The van der Waals surface area contributed by atoms with Gasteiger partial charge in [-0.25, -0.2) is 9.97 Å². The monoisotopic (exact) mass is 391 g/mol. The van der Waals surface area contributed by atoms with Gasteiger partial charge in [-0.15, -0.1) is 0 Å². The number of rotatable bonds is 5. The van der Waals surface area contributed by atoms with Gasteiger partial charge in [-0.3, -0.25) is 4.79 Å².